The topological polar surface area (TPSA) is 134 Å². The number of rotatable bonds is 10. The van der Waals surface area contributed by atoms with Gasteiger partial charge in [0.2, 0.25) is 10.0 Å². The van der Waals surface area contributed by atoms with Crippen LogP contribution in [0.15, 0.2) is 53.4 Å². The van der Waals surface area contributed by atoms with E-state index in [2.05, 4.69) is 15.4 Å². The highest BCUT2D eigenvalue weighted by molar-refractivity contribution is 7.89. The molecule has 0 aliphatic rings. The summed E-state index contributed by atoms with van der Waals surface area (Å²) in [5.41, 5.74) is 0.567. The Morgan fingerprint density at radius 3 is 2.17 bits per heavy atom. The summed E-state index contributed by atoms with van der Waals surface area (Å²) in [4.78, 5) is 24.2. The van der Waals surface area contributed by atoms with Gasteiger partial charge in [-0.2, -0.15) is 0 Å². The molecule has 2 aromatic rings. The van der Waals surface area contributed by atoms with Gasteiger partial charge in [0.1, 0.15) is 5.75 Å². The van der Waals surface area contributed by atoms with Crippen molar-refractivity contribution in [2.75, 3.05) is 33.4 Å². The molecule has 0 aliphatic heterocycles. The zero-order chi connectivity index (χ0) is 21.3. The van der Waals surface area contributed by atoms with Gasteiger partial charge in [0, 0.05) is 37.9 Å². The lowest BCUT2D eigenvalue weighted by atomic mass is 10.2. The number of phenolic OH excluding ortho intramolecular Hbond substituents is 1. The van der Waals surface area contributed by atoms with E-state index in [1.54, 1.807) is 0 Å². The van der Waals surface area contributed by atoms with Crippen molar-refractivity contribution in [2.45, 2.75) is 4.90 Å². The molecule has 0 unspecified atom stereocenters. The summed E-state index contributed by atoms with van der Waals surface area (Å²) < 4.78 is 31.6. The van der Waals surface area contributed by atoms with Crippen molar-refractivity contribution in [3.05, 3.63) is 59.7 Å². The van der Waals surface area contributed by atoms with E-state index in [9.17, 15) is 23.1 Å². The molecule has 0 aromatic heterocycles. The average molecular weight is 421 g/mol. The van der Waals surface area contributed by atoms with E-state index in [1.165, 1.54) is 55.6 Å². The van der Waals surface area contributed by atoms with E-state index in [-0.39, 0.29) is 48.4 Å². The maximum absolute atomic E-state index is 12.2. The SMILES string of the molecule is COCCNS(=O)(=O)c1cccc(C(=O)NCCNC(=O)c2ccc(O)cc2)c1. The summed E-state index contributed by atoms with van der Waals surface area (Å²) in [7, 11) is -2.28. The number of carbonyl (C=O) groups excluding carboxylic acids is 2. The number of nitrogens with one attached hydrogen (secondary N) is 3. The first-order valence-corrected chi connectivity index (χ1v) is 10.3. The molecule has 0 spiro atoms. The van der Waals surface area contributed by atoms with Crippen LogP contribution in [0.1, 0.15) is 20.7 Å². The number of carbonyl (C=O) groups is 2. The molecule has 29 heavy (non-hydrogen) atoms. The Bertz CT molecular complexity index is 945. The van der Waals surface area contributed by atoms with Crippen molar-refractivity contribution >= 4 is 21.8 Å². The number of aromatic hydroxyl groups is 1. The number of hydrogen-bond acceptors (Lipinski definition) is 6. The summed E-state index contributed by atoms with van der Waals surface area (Å²) in [6, 6.07) is 11.4. The summed E-state index contributed by atoms with van der Waals surface area (Å²) >= 11 is 0. The molecule has 9 nitrogen and oxygen atoms in total. The fourth-order valence-electron chi connectivity index (χ4n) is 2.33. The Kier molecular flexibility index (Phi) is 8.13. The second kappa shape index (κ2) is 10.6. The van der Waals surface area contributed by atoms with Crippen LogP contribution in [0.5, 0.6) is 5.75 Å². The van der Waals surface area contributed by atoms with Gasteiger partial charge in [-0.3, -0.25) is 9.59 Å². The summed E-state index contributed by atoms with van der Waals surface area (Å²) in [5, 5.41) is 14.5. The molecule has 0 aliphatic carbocycles. The predicted molar refractivity (Wildman–Crippen MR) is 106 cm³/mol. The third kappa shape index (κ3) is 6.86. The molecular formula is C19H23N3O6S. The molecule has 4 N–H and O–H groups in total. The van der Waals surface area contributed by atoms with Gasteiger partial charge in [-0.1, -0.05) is 6.07 Å². The van der Waals surface area contributed by atoms with E-state index in [0.717, 1.165) is 0 Å². The van der Waals surface area contributed by atoms with Crippen molar-refractivity contribution in [2.24, 2.45) is 0 Å². The molecule has 0 fully saturated rings. The van der Waals surface area contributed by atoms with Crippen LogP contribution in [0, 0.1) is 0 Å². The molecule has 0 bridgehead atoms. The van der Waals surface area contributed by atoms with E-state index in [1.807, 2.05) is 0 Å². The van der Waals surface area contributed by atoms with E-state index in [0.29, 0.717) is 5.56 Å². The number of ether oxygens (including phenoxy) is 1. The fourth-order valence-corrected chi connectivity index (χ4v) is 3.39. The fraction of sp³-hybridized carbons (Fsp3) is 0.263. The van der Waals surface area contributed by atoms with Crippen LogP contribution in [0.4, 0.5) is 0 Å². The van der Waals surface area contributed by atoms with Crippen molar-refractivity contribution in [1.29, 1.82) is 0 Å². The van der Waals surface area contributed by atoms with E-state index < -0.39 is 15.9 Å². The van der Waals surface area contributed by atoms with Crippen LogP contribution in [0.3, 0.4) is 0 Å². The summed E-state index contributed by atoms with van der Waals surface area (Å²) in [6.45, 7) is 0.693. The Hall–Kier alpha value is -2.95. The van der Waals surface area contributed by atoms with Crippen LogP contribution < -0.4 is 15.4 Å². The highest BCUT2D eigenvalue weighted by Crippen LogP contribution is 2.11. The van der Waals surface area contributed by atoms with Gasteiger partial charge < -0.3 is 20.5 Å². The maximum Gasteiger partial charge on any atom is 0.251 e. The van der Waals surface area contributed by atoms with Crippen molar-refractivity contribution < 1.29 is 27.9 Å². The molecule has 0 heterocycles. The molecule has 0 saturated carbocycles. The molecule has 10 heteroatoms. The molecule has 156 valence electrons. The second-order valence-corrected chi connectivity index (χ2v) is 7.74. The lowest BCUT2D eigenvalue weighted by Crippen LogP contribution is -2.34. The number of benzene rings is 2. The zero-order valence-corrected chi connectivity index (χ0v) is 16.7. The number of sulfonamides is 1. The predicted octanol–water partition coefficient (Wildman–Crippen LogP) is 0.477. The van der Waals surface area contributed by atoms with Crippen LogP contribution in [0.2, 0.25) is 0 Å². The highest BCUT2D eigenvalue weighted by atomic mass is 32.2. The number of hydrogen-bond donors (Lipinski definition) is 4. The summed E-state index contributed by atoms with van der Waals surface area (Å²) in [6.07, 6.45) is 0. The number of methoxy groups -OCH3 is 1. The Labute approximate surface area is 169 Å². The largest absolute Gasteiger partial charge is 0.508 e. The van der Waals surface area contributed by atoms with Crippen molar-refractivity contribution in [3.63, 3.8) is 0 Å². The monoisotopic (exact) mass is 421 g/mol. The van der Waals surface area contributed by atoms with Gasteiger partial charge in [-0.05, 0) is 42.5 Å². The minimum absolute atomic E-state index is 0.0260. The molecule has 2 aromatic carbocycles. The Morgan fingerprint density at radius 1 is 0.931 bits per heavy atom. The average Bonchev–Trinajstić information content (AvgIpc) is 2.71. The minimum atomic E-state index is -3.74. The molecule has 2 rings (SSSR count). The molecule has 0 atom stereocenters. The third-order valence-corrected chi connectivity index (χ3v) is 5.29. The highest BCUT2D eigenvalue weighted by Gasteiger charge is 2.15. The van der Waals surface area contributed by atoms with Crippen LogP contribution in [0.25, 0.3) is 0 Å². The third-order valence-electron chi connectivity index (χ3n) is 3.83. The molecular weight excluding hydrogens is 398 g/mol. The van der Waals surface area contributed by atoms with E-state index >= 15 is 0 Å². The Balaban J connectivity index is 1.86. The smallest absolute Gasteiger partial charge is 0.251 e. The minimum Gasteiger partial charge on any atom is -0.508 e. The van der Waals surface area contributed by atoms with Gasteiger partial charge >= 0.3 is 0 Å². The molecule has 0 saturated heterocycles. The van der Waals surface area contributed by atoms with Gasteiger partial charge in [0.05, 0.1) is 11.5 Å². The second-order valence-electron chi connectivity index (χ2n) is 5.98. The van der Waals surface area contributed by atoms with Gasteiger partial charge in [0.15, 0.2) is 0 Å². The first-order valence-electron chi connectivity index (χ1n) is 8.77. The zero-order valence-electron chi connectivity index (χ0n) is 15.8. The molecule has 2 amide bonds. The number of phenols is 1. The van der Waals surface area contributed by atoms with Crippen LogP contribution in [-0.2, 0) is 14.8 Å². The first-order chi connectivity index (χ1) is 13.8. The normalized spacial score (nSPS) is 11.1. The lowest BCUT2D eigenvalue weighted by molar-refractivity contribution is 0.0927. The van der Waals surface area contributed by atoms with Crippen LogP contribution >= 0.6 is 0 Å². The van der Waals surface area contributed by atoms with Crippen LogP contribution in [-0.4, -0.2) is 58.7 Å². The van der Waals surface area contributed by atoms with Crippen molar-refractivity contribution in [1.82, 2.24) is 15.4 Å². The van der Waals surface area contributed by atoms with Gasteiger partial charge in [-0.15, -0.1) is 0 Å². The number of amides is 2. The first kappa shape index (κ1) is 22.3. The van der Waals surface area contributed by atoms with Crippen molar-refractivity contribution in [3.8, 4) is 5.75 Å². The van der Waals surface area contributed by atoms with Gasteiger partial charge in [0.25, 0.3) is 11.8 Å². The maximum atomic E-state index is 12.2. The summed E-state index contributed by atoms with van der Waals surface area (Å²) in [5.74, 6) is -0.737. The Morgan fingerprint density at radius 2 is 1.55 bits per heavy atom. The quantitative estimate of drug-likeness (QED) is 0.412. The van der Waals surface area contributed by atoms with E-state index in [4.69, 9.17) is 4.74 Å². The van der Waals surface area contributed by atoms with Gasteiger partial charge in [-0.25, -0.2) is 13.1 Å². The lowest BCUT2D eigenvalue weighted by Gasteiger charge is -2.09. The standard InChI is InChI=1S/C19H23N3O6S/c1-28-12-11-22-29(26,27)17-4-2-3-15(13-17)19(25)21-10-9-20-18(24)14-5-7-16(23)8-6-14/h2-8,13,22-23H,9-12H2,1H3,(H,20,24)(H,21,25). The molecule has 0 radical (unpaired) electrons.